The molecule has 0 radical (unpaired) electrons. The maximum atomic E-state index is 12.0. The number of aryl methyl sites for hydroxylation is 1. The van der Waals surface area contributed by atoms with Crippen LogP contribution in [0.4, 0.5) is 5.82 Å². The second-order valence-electron chi connectivity index (χ2n) is 4.62. The molecule has 5 heteroatoms. The van der Waals surface area contributed by atoms with Crippen LogP contribution in [-0.4, -0.2) is 35.6 Å². The summed E-state index contributed by atoms with van der Waals surface area (Å²) in [7, 11) is 0. The molecule has 1 aliphatic heterocycles. The summed E-state index contributed by atoms with van der Waals surface area (Å²) < 4.78 is 1.58. The fourth-order valence-corrected chi connectivity index (χ4v) is 2.25. The van der Waals surface area contributed by atoms with Crippen LogP contribution < -0.4 is 15.8 Å². The van der Waals surface area contributed by atoms with Gasteiger partial charge in [0.25, 0.3) is 5.56 Å². The van der Waals surface area contributed by atoms with E-state index in [1.54, 1.807) is 16.7 Å². The molecule has 1 aliphatic rings. The normalized spacial score (nSPS) is 16.2. The van der Waals surface area contributed by atoms with Crippen molar-refractivity contribution in [1.82, 2.24) is 14.7 Å². The molecule has 0 spiro atoms. The number of anilines is 1. The first-order chi connectivity index (χ1) is 8.74. The predicted octanol–water partition coefficient (Wildman–Crippen LogP) is 0.413. The molecule has 18 heavy (non-hydrogen) atoms. The van der Waals surface area contributed by atoms with Crippen molar-refractivity contribution in [2.45, 2.75) is 6.92 Å². The van der Waals surface area contributed by atoms with Gasteiger partial charge in [0.1, 0.15) is 11.5 Å². The molecule has 3 rings (SSSR count). The lowest BCUT2D eigenvalue weighted by atomic mass is 10.3. The molecule has 2 aromatic rings. The molecule has 3 heterocycles. The molecule has 0 atom stereocenters. The van der Waals surface area contributed by atoms with Gasteiger partial charge in [0.05, 0.1) is 0 Å². The van der Waals surface area contributed by atoms with E-state index in [2.05, 4.69) is 15.2 Å². The van der Waals surface area contributed by atoms with Crippen molar-refractivity contribution in [2.75, 3.05) is 31.1 Å². The largest absolute Gasteiger partial charge is 0.354 e. The van der Waals surface area contributed by atoms with Gasteiger partial charge in [-0.2, -0.15) is 0 Å². The highest BCUT2D eigenvalue weighted by atomic mass is 16.1. The fourth-order valence-electron chi connectivity index (χ4n) is 2.25. The zero-order chi connectivity index (χ0) is 12.5. The van der Waals surface area contributed by atoms with Gasteiger partial charge in [0.2, 0.25) is 0 Å². The molecule has 0 amide bonds. The average molecular weight is 244 g/mol. The summed E-state index contributed by atoms with van der Waals surface area (Å²) in [6.07, 6.45) is 1.78. The van der Waals surface area contributed by atoms with E-state index in [1.807, 2.05) is 19.1 Å². The highest BCUT2D eigenvalue weighted by Crippen LogP contribution is 2.11. The van der Waals surface area contributed by atoms with Crippen LogP contribution in [0.15, 0.2) is 29.2 Å². The topological polar surface area (TPSA) is 49.6 Å². The number of nitrogens with zero attached hydrogens (tertiary/aromatic N) is 3. The lowest BCUT2D eigenvalue weighted by Crippen LogP contribution is -2.44. The number of hydrogen-bond donors (Lipinski definition) is 1. The Balaban J connectivity index is 2.10. The fraction of sp³-hybridized carbons (Fsp3) is 0.385. The number of fused-ring (bicyclic) bond motifs is 1. The van der Waals surface area contributed by atoms with Gasteiger partial charge in [-0.15, -0.1) is 0 Å². The molecule has 5 nitrogen and oxygen atoms in total. The summed E-state index contributed by atoms with van der Waals surface area (Å²) >= 11 is 0. The van der Waals surface area contributed by atoms with Gasteiger partial charge in [0, 0.05) is 38.4 Å². The minimum absolute atomic E-state index is 0.0199. The molecular weight excluding hydrogens is 228 g/mol. The number of pyridine rings is 1. The third-order valence-corrected chi connectivity index (χ3v) is 3.25. The third kappa shape index (κ3) is 1.97. The van der Waals surface area contributed by atoms with E-state index in [9.17, 15) is 4.79 Å². The van der Waals surface area contributed by atoms with Crippen molar-refractivity contribution < 1.29 is 0 Å². The Morgan fingerprint density at radius 3 is 2.83 bits per heavy atom. The number of aromatic nitrogens is 2. The molecular formula is C13H16N4O. The molecule has 1 saturated heterocycles. The van der Waals surface area contributed by atoms with Gasteiger partial charge in [-0.3, -0.25) is 9.20 Å². The number of rotatable bonds is 1. The van der Waals surface area contributed by atoms with Gasteiger partial charge in [-0.1, -0.05) is 0 Å². The maximum absolute atomic E-state index is 12.0. The van der Waals surface area contributed by atoms with Crippen molar-refractivity contribution in [3.05, 3.63) is 40.3 Å². The van der Waals surface area contributed by atoms with Crippen molar-refractivity contribution in [3.63, 3.8) is 0 Å². The summed E-state index contributed by atoms with van der Waals surface area (Å²) in [6, 6.07) is 5.47. The van der Waals surface area contributed by atoms with Crippen LogP contribution in [0.25, 0.3) is 5.65 Å². The smallest absolute Gasteiger partial charge is 0.259 e. The molecule has 94 valence electrons. The van der Waals surface area contributed by atoms with Gasteiger partial charge < -0.3 is 10.2 Å². The number of nitrogens with one attached hydrogen (secondary N) is 1. The highest BCUT2D eigenvalue weighted by molar-refractivity contribution is 5.49. The first kappa shape index (κ1) is 11.2. The zero-order valence-corrected chi connectivity index (χ0v) is 10.4. The van der Waals surface area contributed by atoms with E-state index in [0.717, 1.165) is 43.2 Å². The van der Waals surface area contributed by atoms with Crippen LogP contribution in [0.1, 0.15) is 5.56 Å². The van der Waals surface area contributed by atoms with E-state index >= 15 is 0 Å². The molecule has 0 bridgehead atoms. The summed E-state index contributed by atoms with van der Waals surface area (Å²) in [5, 5.41) is 3.29. The first-order valence-corrected chi connectivity index (χ1v) is 6.20. The first-order valence-electron chi connectivity index (χ1n) is 6.20. The van der Waals surface area contributed by atoms with Crippen LogP contribution in [-0.2, 0) is 0 Å². The van der Waals surface area contributed by atoms with Crippen LogP contribution in [0.2, 0.25) is 0 Å². The monoisotopic (exact) mass is 244 g/mol. The minimum Gasteiger partial charge on any atom is -0.354 e. The van der Waals surface area contributed by atoms with Crippen LogP contribution >= 0.6 is 0 Å². The maximum Gasteiger partial charge on any atom is 0.259 e. The molecule has 0 saturated carbocycles. The Labute approximate surface area is 105 Å². The van der Waals surface area contributed by atoms with E-state index in [4.69, 9.17) is 0 Å². The second kappa shape index (κ2) is 4.42. The Morgan fingerprint density at radius 1 is 1.28 bits per heavy atom. The summed E-state index contributed by atoms with van der Waals surface area (Å²) in [5.74, 6) is 0.784. The third-order valence-electron chi connectivity index (χ3n) is 3.25. The van der Waals surface area contributed by atoms with Crippen molar-refractivity contribution >= 4 is 11.5 Å². The summed E-state index contributed by atoms with van der Waals surface area (Å²) in [4.78, 5) is 18.8. The molecule has 0 aromatic carbocycles. The van der Waals surface area contributed by atoms with E-state index in [-0.39, 0.29) is 5.56 Å². The minimum atomic E-state index is -0.0199. The highest BCUT2D eigenvalue weighted by Gasteiger charge is 2.13. The Bertz CT molecular complexity index is 628. The SMILES string of the molecule is Cc1ccn2c(=O)cc(N3CCNCC3)nc2c1. The Hall–Kier alpha value is -1.88. The van der Waals surface area contributed by atoms with E-state index in [1.165, 1.54) is 0 Å². The van der Waals surface area contributed by atoms with Crippen molar-refractivity contribution in [1.29, 1.82) is 0 Å². The molecule has 1 fully saturated rings. The van der Waals surface area contributed by atoms with Crippen LogP contribution in [0, 0.1) is 6.92 Å². The molecule has 0 unspecified atom stereocenters. The van der Waals surface area contributed by atoms with Gasteiger partial charge in [-0.25, -0.2) is 4.98 Å². The van der Waals surface area contributed by atoms with Crippen molar-refractivity contribution in [3.8, 4) is 0 Å². The number of piperazine rings is 1. The quantitative estimate of drug-likeness (QED) is 0.789. The van der Waals surface area contributed by atoms with Crippen LogP contribution in [0.3, 0.4) is 0 Å². The summed E-state index contributed by atoms with van der Waals surface area (Å²) in [6.45, 7) is 5.68. The Morgan fingerprint density at radius 2 is 2.06 bits per heavy atom. The van der Waals surface area contributed by atoms with E-state index < -0.39 is 0 Å². The average Bonchev–Trinajstić information content (AvgIpc) is 2.39. The van der Waals surface area contributed by atoms with Crippen molar-refractivity contribution in [2.24, 2.45) is 0 Å². The lowest BCUT2D eigenvalue weighted by Gasteiger charge is -2.28. The zero-order valence-electron chi connectivity index (χ0n) is 10.4. The number of hydrogen-bond acceptors (Lipinski definition) is 4. The molecule has 2 aromatic heterocycles. The van der Waals surface area contributed by atoms with E-state index in [0.29, 0.717) is 0 Å². The van der Waals surface area contributed by atoms with Gasteiger partial charge in [0.15, 0.2) is 0 Å². The predicted molar refractivity (Wildman–Crippen MR) is 71.3 cm³/mol. The second-order valence-corrected chi connectivity index (χ2v) is 4.62. The molecule has 0 aliphatic carbocycles. The van der Waals surface area contributed by atoms with Gasteiger partial charge in [-0.05, 0) is 24.6 Å². The Kier molecular flexibility index (Phi) is 2.76. The van der Waals surface area contributed by atoms with Gasteiger partial charge >= 0.3 is 0 Å². The van der Waals surface area contributed by atoms with Crippen LogP contribution in [0.5, 0.6) is 0 Å². The standard InChI is InChI=1S/C13H16N4O/c1-10-2-5-17-12(8-10)15-11(9-13(17)18)16-6-3-14-4-7-16/h2,5,8-9,14H,3-4,6-7H2,1H3. The molecule has 1 N–H and O–H groups in total. The lowest BCUT2D eigenvalue weighted by molar-refractivity contribution is 0.584. The summed E-state index contributed by atoms with van der Waals surface area (Å²) in [5.41, 5.74) is 1.81.